The van der Waals surface area contributed by atoms with Crippen LogP contribution in [0.4, 0.5) is 5.69 Å². The van der Waals surface area contributed by atoms with Gasteiger partial charge in [0.2, 0.25) is 11.1 Å². The van der Waals surface area contributed by atoms with E-state index >= 15 is 0 Å². The maximum absolute atomic E-state index is 12.9. The van der Waals surface area contributed by atoms with Crippen molar-refractivity contribution in [1.29, 1.82) is 0 Å². The lowest BCUT2D eigenvalue weighted by atomic mass is 10.0. The van der Waals surface area contributed by atoms with Gasteiger partial charge in [0.1, 0.15) is 22.9 Å². The Bertz CT molecular complexity index is 1270. The molecule has 2 aromatic heterocycles. The van der Waals surface area contributed by atoms with Crippen molar-refractivity contribution in [2.45, 2.75) is 23.8 Å². The number of aromatic nitrogens is 4. The number of benzene rings is 2. The number of nitrogens with zero attached hydrogens (tertiary/aromatic N) is 4. The summed E-state index contributed by atoms with van der Waals surface area (Å²) in [4.78, 5) is 21.7. The molecule has 0 radical (unpaired) electrons. The van der Waals surface area contributed by atoms with Gasteiger partial charge in [0.15, 0.2) is 0 Å². The molecule has 2 aromatic carbocycles. The number of pyridine rings is 1. The summed E-state index contributed by atoms with van der Waals surface area (Å²) >= 11 is 1.29. The molecule has 0 aliphatic heterocycles. The zero-order valence-electron chi connectivity index (χ0n) is 19.6. The van der Waals surface area contributed by atoms with Crippen LogP contribution in [0.5, 0.6) is 11.5 Å². The van der Waals surface area contributed by atoms with Gasteiger partial charge in [-0.05, 0) is 67.1 Å². The lowest BCUT2D eigenvalue weighted by Gasteiger charge is -2.15. The lowest BCUT2D eigenvalue weighted by Crippen LogP contribution is -2.25. The molecule has 0 fully saturated rings. The molecule has 1 amide bonds. The number of anilines is 1. The van der Waals surface area contributed by atoms with Crippen LogP contribution in [0.3, 0.4) is 0 Å². The van der Waals surface area contributed by atoms with Gasteiger partial charge in [-0.15, -0.1) is 10.2 Å². The highest BCUT2D eigenvalue weighted by molar-refractivity contribution is 8.00. The number of thioether (sulfide) groups is 1. The zero-order valence-corrected chi connectivity index (χ0v) is 20.5. The second kappa shape index (κ2) is 11.4. The number of hydrogen-bond acceptors (Lipinski definition) is 8. The predicted octanol–water partition coefficient (Wildman–Crippen LogP) is 5.13. The van der Waals surface area contributed by atoms with E-state index in [-0.39, 0.29) is 11.2 Å². The first-order valence-electron chi connectivity index (χ1n) is 11.0. The average molecular weight is 488 g/mol. The van der Waals surface area contributed by atoms with Crippen molar-refractivity contribution in [1.82, 2.24) is 20.2 Å². The van der Waals surface area contributed by atoms with Gasteiger partial charge in [0.05, 0.1) is 19.5 Å². The topological polar surface area (TPSA) is 99.1 Å². The molecular formula is C26H25N5O3S. The first kappa shape index (κ1) is 24.2. The van der Waals surface area contributed by atoms with E-state index < -0.39 is 0 Å². The Balaban J connectivity index is 1.66. The second-order valence-corrected chi connectivity index (χ2v) is 8.66. The van der Waals surface area contributed by atoms with E-state index in [2.05, 4.69) is 20.5 Å². The van der Waals surface area contributed by atoms with E-state index in [0.717, 1.165) is 22.6 Å². The second-order valence-electron chi connectivity index (χ2n) is 7.49. The molecule has 4 rings (SSSR count). The summed E-state index contributed by atoms with van der Waals surface area (Å²) in [6, 6.07) is 18.7. The standard InChI is InChI=1S/C26H25N5O3S/c1-4-22(25(32)28-19-13-15-27-16-14-19)35-26-29-23(17-5-9-20(33-2)10-6-17)24(30-31-26)18-7-11-21(34-3)12-8-18/h5-16,22H,4H2,1-3H3,(H,27,28,32). The van der Waals surface area contributed by atoms with Crippen molar-refractivity contribution >= 4 is 23.4 Å². The Morgan fingerprint density at radius 3 is 1.97 bits per heavy atom. The van der Waals surface area contributed by atoms with Crippen LogP contribution in [0.15, 0.2) is 78.2 Å². The zero-order chi connectivity index (χ0) is 24.6. The molecule has 0 saturated heterocycles. The van der Waals surface area contributed by atoms with Crippen molar-refractivity contribution < 1.29 is 14.3 Å². The number of amides is 1. The molecule has 0 spiro atoms. The number of nitrogens with one attached hydrogen (secondary N) is 1. The normalized spacial score (nSPS) is 11.5. The molecule has 0 aliphatic rings. The van der Waals surface area contributed by atoms with Crippen molar-refractivity contribution in [3.63, 3.8) is 0 Å². The SMILES string of the molecule is CCC(Sc1nnc(-c2ccc(OC)cc2)c(-c2ccc(OC)cc2)n1)C(=O)Nc1ccncc1. The van der Waals surface area contributed by atoms with Crippen LogP contribution in [0.25, 0.3) is 22.5 Å². The Morgan fingerprint density at radius 2 is 1.43 bits per heavy atom. The van der Waals surface area contributed by atoms with E-state index in [1.54, 1.807) is 38.7 Å². The van der Waals surface area contributed by atoms with Crippen LogP contribution in [0.2, 0.25) is 0 Å². The quantitative estimate of drug-likeness (QED) is 0.325. The Kier molecular flexibility index (Phi) is 7.89. The third-order valence-electron chi connectivity index (χ3n) is 5.25. The Hall–Kier alpha value is -3.98. The largest absolute Gasteiger partial charge is 0.497 e. The van der Waals surface area contributed by atoms with Crippen LogP contribution in [0.1, 0.15) is 13.3 Å². The van der Waals surface area contributed by atoms with Gasteiger partial charge in [-0.3, -0.25) is 9.78 Å². The van der Waals surface area contributed by atoms with Gasteiger partial charge in [-0.1, -0.05) is 18.7 Å². The molecule has 4 aromatic rings. The molecular weight excluding hydrogens is 462 g/mol. The van der Waals surface area contributed by atoms with Gasteiger partial charge in [-0.2, -0.15) is 0 Å². The number of ether oxygens (including phenoxy) is 2. The first-order chi connectivity index (χ1) is 17.1. The molecule has 1 atom stereocenters. The Morgan fingerprint density at radius 1 is 0.857 bits per heavy atom. The number of carbonyl (C=O) groups is 1. The van der Waals surface area contributed by atoms with E-state index in [1.807, 2.05) is 55.5 Å². The molecule has 0 saturated carbocycles. The Labute approximate surface area is 208 Å². The summed E-state index contributed by atoms with van der Waals surface area (Å²) in [6.45, 7) is 1.95. The van der Waals surface area contributed by atoms with Crippen LogP contribution in [-0.4, -0.2) is 45.5 Å². The summed E-state index contributed by atoms with van der Waals surface area (Å²) < 4.78 is 10.6. The average Bonchev–Trinajstić information content (AvgIpc) is 2.92. The van der Waals surface area contributed by atoms with Gasteiger partial charge in [0.25, 0.3) is 0 Å². The number of hydrogen-bond donors (Lipinski definition) is 1. The molecule has 35 heavy (non-hydrogen) atoms. The fourth-order valence-electron chi connectivity index (χ4n) is 3.36. The summed E-state index contributed by atoms with van der Waals surface area (Å²) in [7, 11) is 3.25. The van der Waals surface area contributed by atoms with E-state index in [4.69, 9.17) is 14.5 Å². The molecule has 0 aliphatic carbocycles. The van der Waals surface area contributed by atoms with Crippen molar-refractivity contribution in [2.24, 2.45) is 0 Å². The smallest absolute Gasteiger partial charge is 0.237 e. The number of methoxy groups -OCH3 is 2. The van der Waals surface area contributed by atoms with E-state index in [1.165, 1.54) is 11.8 Å². The summed E-state index contributed by atoms with van der Waals surface area (Å²) in [5, 5.41) is 11.8. The van der Waals surface area contributed by atoms with E-state index in [9.17, 15) is 4.79 Å². The molecule has 0 bridgehead atoms. The minimum absolute atomic E-state index is 0.127. The highest BCUT2D eigenvalue weighted by Gasteiger charge is 2.22. The minimum Gasteiger partial charge on any atom is -0.497 e. The lowest BCUT2D eigenvalue weighted by molar-refractivity contribution is -0.115. The summed E-state index contributed by atoms with van der Waals surface area (Å²) in [6.07, 6.45) is 3.87. The number of rotatable bonds is 9. The van der Waals surface area contributed by atoms with Gasteiger partial charge < -0.3 is 14.8 Å². The minimum atomic E-state index is -0.388. The fraction of sp³-hybridized carbons (Fsp3) is 0.192. The van der Waals surface area contributed by atoms with E-state index in [0.29, 0.717) is 28.7 Å². The highest BCUT2D eigenvalue weighted by Crippen LogP contribution is 2.33. The highest BCUT2D eigenvalue weighted by atomic mass is 32.2. The molecule has 1 N–H and O–H groups in total. The van der Waals surface area contributed by atoms with Crippen LogP contribution >= 0.6 is 11.8 Å². The third-order valence-corrected chi connectivity index (χ3v) is 6.47. The third kappa shape index (κ3) is 5.93. The molecule has 178 valence electrons. The van der Waals surface area contributed by atoms with Gasteiger partial charge >= 0.3 is 0 Å². The molecule has 8 nitrogen and oxygen atoms in total. The summed E-state index contributed by atoms with van der Waals surface area (Å²) in [5.41, 5.74) is 3.71. The maximum Gasteiger partial charge on any atom is 0.237 e. The van der Waals surface area contributed by atoms with Gasteiger partial charge in [-0.25, -0.2) is 4.98 Å². The van der Waals surface area contributed by atoms with Crippen molar-refractivity contribution in [3.05, 3.63) is 73.1 Å². The monoisotopic (exact) mass is 487 g/mol. The maximum atomic E-state index is 12.9. The van der Waals surface area contributed by atoms with Crippen molar-refractivity contribution in [3.8, 4) is 34.0 Å². The molecule has 9 heteroatoms. The van der Waals surface area contributed by atoms with Crippen LogP contribution < -0.4 is 14.8 Å². The predicted molar refractivity (Wildman–Crippen MR) is 137 cm³/mol. The van der Waals surface area contributed by atoms with Crippen LogP contribution in [0, 0.1) is 0 Å². The van der Waals surface area contributed by atoms with Crippen molar-refractivity contribution in [2.75, 3.05) is 19.5 Å². The number of carbonyl (C=O) groups excluding carboxylic acids is 1. The van der Waals surface area contributed by atoms with Crippen LogP contribution in [-0.2, 0) is 4.79 Å². The molecule has 2 heterocycles. The summed E-state index contributed by atoms with van der Waals surface area (Å²) in [5.74, 6) is 1.37. The van der Waals surface area contributed by atoms with Gasteiger partial charge in [0, 0.05) is 29.2 Å². The first-order valence-corrected chi connectivity index (χ1v) is 11.9. The molecule has 1 unspecified atom stereocenters. The fourth-order valence-corrected chi connectivity index (χ4v) is 4.18.